The Bertz CT molecular complexity index is 1110. The molecule has 2 aromatic heterocycles. The van der Waals surface area contributed by atoms with Crippen LogP contribution >= 0.6 is 11.3 Å². The van der Waals surface area contributed by atoms with Crippen molar-refractivity contribution in [3.63, 3.8) is 0 Å². The molecular weight excluding hydrogens is 422 g/mol. The number of hydrogen-bond acceptors (Lipinski definition) is 6. The van der Waals surface area contributed by atoms with E-state index in [1.54, 1.807) is 30.3 Å². The van der Waals surface area contributed by atoms with Crippen LogP contribution in [0.2, 0.25) is 0 Å². The number of nitrogens with zero attached hydrogens (tertiary/aromatic N) is 4. The normalized spacial score (nSPS) is 14.0. The predicted octanol–water partition coefficient (Wildman–Crippen LogP) is 4.18. The minimum atomic E-state index is -0.167. The van der Waals surface area contributed by atoms with Gasteiger partial charge in [-0.2, -0.15) is 0 Å². The first-order chi connectivity index (χ1) is 15.4. The first-order valence-corrected chi connectivity index (χ1v) is 11.6. The monoisotopic (exact) mass is 449 g/mol. The van der Waals surface area contributed by atoms with Crippen LogP contribution in [0.5, 0.6) is 0 Å². The molecule has 0 unspecified atom stereocenters. The first-order valence-electron chi connectivity index (χ1n) is 10.8. The molecule has 0 atom stereocenters. The summed E-state index contributed by atoms with van der Waals surface area (Å²) in [4.78, 5) is 39.3. The van der Waals surface area contributed by atoms with Crippen molar-refractivity contribution in [2.75, 3.05) is 36.4 Å². The highest BCUT2D eigenvalue weighted by atomic mass is 32.1. The Balaban J connectivity index is 1.40. The molecule has 7 nitrogen and oxygen atoms in total. The summed E-state index contributed by atoms with van der Waals surface area (Å²) in [5.41, 5.74) is 2.14. The van der Waals surface area contributed by atoms with Crippen LogP contribution in [0.4, 0.5) is 11.5 Å². The largest absolute Gasteiger partial charge is 0.353 e. The number of anilines is 2. The summed E-state index contributed by atoms with van der Waals surface area (Å²) >= 11 is 1.38. The molecule has 1 saturated heterocycles. The van der Waals surface area contributed by atoms with Crippen molar-refractivity contribution >= 4 is 34.7 Å². The summed E-state index contributed by atoms with van der Waals surface area (Å²) in [6.45, 7) is 8.83. The van der Waals surface area contributed by atoms with Crippen molar-refractivity contribution in [2.24, 2.45) is 0 Å². The van der Waals surface area contributed by atoms with Gasteiger partial charge < -0.3 is 15.1 Å². The Kier molecular flexibility index (Phi) is 6.50. The fourth-order valence-electron chi connectivity index (χ4n) is 3.65. The third kappa shape index (κ3) is 4.96. The van der Waals surface area contributed by atoms with Crippen LogP contribution in [0.1, 0.15) is 51.3 Å². The molecule has 8 heteroatoms. The van der Waals surface area contributed by atoms with E-state index in [0.717, 1.165) is 17.3 Å². The number of carbonyl (C=O) groups excluding carboxylic acids is 2. The molecular formula is C24H27N5O2S. The second kappa shape index (κ2) is 9.48. The predicted molar refractivity (Wildman–Crippen MR) is 128 cm³/mol. The van der Waals surface area contributed by atoms with E-state index in [1.165, 1.54) is 11.3 Å². The quantitative estimate of drug-likeness (QED) is 0.632. The van der Waals surface area contributed by atoms with Gasteiger partial charge in [0.15, 0.2) is 0 Å². The molecule has 0 saturated carbocycles. The number of hydrogen-bond donors (Lipinski definition) is 1. The van der Waals surface area contributed by atoms with Gasteiger partial charge in [-0.25, -0.2) is 9.97 Å². The van der Waals surface area contributed by atoms with Crippen molar-refractivity contribution in [3.8, 4) is 0 Å². The molecule has 1 fully saturated rings. The third-order valence-corrected chi connectivity index (χ3v) is 6.25. The number of aryl methyl sites for hydroxylation is 1. The molecule has 1 aromatic carbocycles. The Hall–Kier alpha value is -3.26. The fraction of sp³-hybridized carbons (Fsp3) is 0.333. The average molecular weight is 450 g/mol. The summed E-state index contributed by atoms with van der Waals surface area (Å²) in [5, 5.41) is 4.73. The van der Waals surface area contributed by atoms with Crippen LogP contribution in [0.3, 0.4) is 0 Å². The van der Waals surface area contributed by atoms with Crippen LogP contribution in [-0.2, 0) is 0 Å². The zero-order valence-corrected chi connectivity index (χ0v) is 19.4. The van der Waals surface area contributed by atoms with Crippen molar-refractivity contribution in [2.45, 2.75) is 26.7 Å². The van der Waals surface area contributed by atoms with Gasteiger partial charge in [-0.3, -0.25) is 9.59 Å². The number of amides is 2. The molecule has 4 rings (SSSR count). The lowest BCUT2D eigenvalue weighted by molar-refractivity contribution is 0.0746. The van der Waals surface area contributed by atoms with Crippen LogP contribution in [0.15, 0.2) is 47.8 Å². The molecule has 0 spiro atoms. The Labute approximate surface area is 192 Å². The van der Waals surface area contributed by atoms with E-state index in [-0.39, 0.29) is 17.7 Å². The van der Waals surface area contributed by atoms with Gasteiger partial charge in [0.05, 0.1) is 4.88 Å². The summed E-state index contributed by atoms with van der Waals surface area (Å²) in [5.74, 6) is 1.84. The van der Waals surface area contributed by atoms with Crippen molar-refractivity contribution in [1.29, 1.82) is 0 Å². The van der Waals surface area contributed by atoms with Crippen molar-refractivity contribution < 1.29 is 9.59 Å². The maximum Gasteiger partial charge on any atom is 0.265 e. The molecule has 166 valence electrons. The van der Waals surface area contributed by atoms with Crippen molar-refractivity contribution in [3.05, 3.63) is 69.8 Å². The number of nitrogens with one attached hydrogen (secondary N) is 1. The van der Waals surface area contributed by atoms with E-state index in [4.69, 9.17) is 4.98 Å². The molecule has 3 heterocycles. The Morgan fingerprint density at radius 2 is 1.81 bits per heavy atom. The van der Waals surface area contributed by atoms with Gasteiger partial charge in [0.1, 0.15) is 11.6 Å². The van der Waals surface area contributed by atoms with Crippen molar-refractivity contribution in [1.82, 2.24) is 14.9 Å². The molecule has 2 amide bonds. The Morgan fingerprint density at radius 1 is 1.03 bits per heavy atom. The highest BCUT2D eigenvalue weighted by molar-refractivity contribution is 7.12. The van der Waals surface area contributed by atoms with Gasteiger partial charge >= 0.3 is 0 Å². The molecule has 0 aliphatic carbocycles. The zero-order valence-electron chi connectivity index (χ0n) is 18.5. The summed E-state index contributed by atoms with van der Waals surface area (Å²) in [6.07, 6.45) is 0. The minimum Gasteiger partial charge on any atom is -0.353 e. The first kappa shape index (κ1) is 22.0. The minimum absolute atomic E-state index is 0.0291. The molecule has 1 N–H and O–H groups in total. The summed E-state index contributed by atoms with van der Waals surface area (Å²) in [6, 6.07) is 12.7. The van der Waals surface area contributed by atoms with Crippen LogP contribution in [0.25, 0.3) is 0 Å². The van der Waals surface area contributed by atoms with Crippen LogP contribution < -0.4 is 10.2 Å². The maximum atomic E-state index is 13.1. The molecule has 1 aliphatic heterocycles. The lowest BCUT2D eigenvalue weighted by atomic mass is 10.1. The van der Waals surface area contributed by atoms with Gasteiger partial charge in [0, 0.05) is 55.1 Å². The molecule has 0 bridgehead atoms. The standard InChI is InChI=1S/C24H27N5O2S/c1-16(2)22-25-17(3)14-21(27-22)28-9-11-29(12-10-28)24(31)18-6-4-7-19(15-18)26-23(30)20-8-5-13-32-20/h4-8,13-16H,9-12H2,1-3H3,(H,26,30). The van der Waals surface area contributed by atoms with Gasteiger partial charge in [-0.1, -0.05) is 26.0 Å². The van der Waals surface area contributed by atoms with E-state index < -0.39 is 0 Å². The smallest absolute Gasteiger partial charge is 0.265 e. The molecule has 3 aromatic rings. The highest BCUT2D eigenvalue weighted by Gasteiger charge is 2.24. The molecule has 32 heavy (non-hydrogen) atoms. The van der Waals surface area contributed by atoms with E-state index in [2.05, 4.69) is 29.0 Å². The van der Waals surface area contributed by atoms with Crippen LogP contribution in [-0.4, -0.2) is 52.9 Å². The number of rotatable bonds is 5. The fourth-order valence-corrected chi connectivity index (χ4v) is 4.27. The van der Waals surface area contributed by atoms with Crippen LogP contribution in [0, 0.1) is 6.92 Å². The molecule has 0 radical (unpaired) electrons. The maximum absolute atomic E-state index is 13.1. The molecule has 1 aliphatic rings. The van der Waals surface area contributed by atoms with Gasteiger partial charge in [0.25, 0.3) is 11.8 Å². The van der Waals surface area contributed by atoms with Gasteiger partial charge in [-0.15, -0.1) is 11.3 Å². The number of aromatic nitrogens is 2. The average Bonchev–Trinajstić information content (AvgIpc) is 3.34. The lowest BCUT2D eigenvalue weighted by Crippen LogP contribution is -2.49. The van der Waals surface area contributed by atoms with Gasteiger partial charge in [0.2, 0.25) is 0 Å². The van der Waals surface area contributed by atoms with Gasteiger partial charge in [-0.05, 0) is 36.6 Å². The van der Waals surface area contributed by atoms with E-state index in [0.29, 0.717) is 42.3 Å². The Morgan fingerprint density at radius 3 is 2.50 bits per heavy atom. The lowest BCUT2D eigenvalue weighted by Gasteiger charge is -2.35. The highest BCUT2D eigenvalue weighted by Crippen LogP contribution is 2.20. The number of piperazine rings is 1. The second-order valence-electron chi connectivity index (χ2n) is 8.17. The summed E-state index contributed by atoms with van der Waals surface area (Å²) in [7, 11) is 0. The number of thiophene rings is 1. The number of carbonyl (C=O) groups is 2. The van der Waals surface area contributed by atoms with E-state index in [9.17, 15) is 9.59 Å². The third-order valence-electron chi connectivity index (χ3n) is 5.38. The topological polar surface area (TPSA) is 78.4 Å². The SMILES string of the molecule is Cc1cc(N2CCN(C(=O)c3cccc(NC(=O)c4cccs4)c3)CC2)nc(C(C)C)n1. The summed E-state index contributed by atoms with van der Waals surface area (Å²) < 4.78 is 0. The van der Waals surface area contributed by atoms with E-state index >= 15 is 0 Å². The zero-order chi connectivity index (χ0) is 22.7. The number of benzene rings is 1. The van der Waals surface area contributed by atoms with E-state index in [1.807, 2.05) is 29.3 Å². The second-order valence-corrected chi connectivity index (χ2v) is 9.12.